The van der Waals surface area contributed by atoms with Crippen molar-refractivity contribution in [2.24, 2.45) is 5.10 Å². The summed E-state index contributed by atoms with van der Waals surface area (Å²) in [5.41, 5.74) is 6.97. The summed E-state index contributed by atoms with van der Waals surface area (Å²) in [5.74, 6) is 2.83. The van der Waals surface area contributed by atoms with Crippen LogP contribution in [0.15, 0.2) is 53.9 Å². The number of nitrogens with one attached hydrogen (secondary N) is 1. The van der Waals surface area contributed by atoms with E-state index in [9.17, 15) is 0 Å². The van der Waals surface area contributed by atoms with E-state index >= 15 is 0 Å². The maximum absolute atomic E-state index is 5.83. The van der Waals surface area contributed by atoms with E-state index in [1.54, 1.807) is 38.1 Å². The number of ether oxygens (including phenoxy) is 3. The third kappa shape index (κ3) is 4.22. The van der Waals surface area contributed by atoms with E-state index in [1.807, 2.05) is 43.3 Å². The smallest absolute Gasteiger partial charge is 0.167 e. The first-order chi connectivity index (χ1) is 15.7. The maximum Gasteiger partial charge on any atom is 0.167 e. The number of benzene rings is 2. The predicted octanol–water partition coefficient (Wildman–Crippen LogP) is 5.53. The van der Waals surface area contributed by atoms with Crippen molar-refractivity contribution in [1.82, 2.24) is 9.97 Å². The fourth-order valence-corrected chi connectivity index (χ4v) is 4.63. The summed E-state index contributed by atoms with van der Waals surface area (Å²) in [4.78, 5) is 10.0. The number of hydrogen-bond donors (Lipinski definition) is 1. The third-order valence-electron chi connectivity index (χ3n) is 4.93. The van der Waals surface area contributed by atoms with Gasteiger partial charge in [-0.15, -0.1) is 11.3 Å². The lowest BCUT2D eigenvalue weighted by Gasteiger charge is -2.09. The van der Waals surface area contributed by atoms with E-state index in [2.05, 4.69) is 33.5 Å². The summed E-state index contributed by atoms with van der Waals surface area (Å²) in [7, 11) is 3.21. The summed E-state index contributed by atoms with van der Waals surface area (Å²) in [6.07, 6.45) is 3.26. The monoisotopic (exact) mass is 448 g/mol. The van der Waals surface area contributed by atoms with Crippen LogP contribution in [-0.4, -0.2) is 37.0 Å². The topological polar surface area (TPSA) is 77.9 Å². The average Bonchev–Trinajstić information content (AvgIpc) is 3.16. The van der Waals surface area contributed by atoms with Crippen molar-refractivity contribution in [2.75, 3.05) is 26.3 Å². The summed E-state index contributed by atoms with van der Waals surface area (Å²) in [5, 5.41) is 4.37. The second kappa shape index (κ2) is 9.65. The van der Waals surface area contributed by atoms with Gasteiger partial charge in [0.2, 0.25) is 0 Å². The van der Waals surface area contributed by atoms with Gasteiger partial charge in [0.25, 0.3) is 0 Å². The summed E-state index contributed by atoms with van der Waals surface area (Å²) < 4.78 is 17.4. The zero-order chi connectivity index (χ0) is 22.5. The van der Waals surface area contributed by atoms with Crippen LogP contribution < -0.4 is 19.6 Å². The number of hydrazone groups is 1. The Balaban J connectivity index is 1.65. The van der Waals surface area contributed by atoms with Crippen molar-refractivity contribution in [3.63, 3.8) is 0 Å². The molecule has 0 atom stereocenters. The Morgan fingerprint density at radius 2 is 1.84 bits per heavy atom. The van der Waals surface area contributed by atoms with Crippen LogP contribution in [0, 0.1) is 6.92 Å². The number of hydrogen-bond acceptors (Lipinski definition) is 8. The maximum atomic E-state index is 5.83. The molecule has 0 saturated heterocycles. The fraction of sp³-hybridized carbons (Fsp3) is 0.208. The molecule has 0 aliphatic carbocycles. The molecule has 0 fully saturated rings. The highest BCUT2D eigenvalue weighted by Crippen LogP contribution is 2.43. The minimum Gasteiger partial charge on any atom is -0.493 e. The molecule has 2 aromatic carbocycles. The van der Waals surface area contributed by atoms with Gasteiger partial charge in [-0.2, -0.15) is 5.10 Å². The van der Waals surface area contributed by atoms with Crippen molar-refractivity contribution in [3.8, 4) is 27.7 Å². The number of aryl methyl sites for hydroxylation is 1. The Kier molecular flexibility index (Phi) is 6.51. The number of rotatable bonds is 8. The lowest BCUT2D eigenvalue weighted by molar-refractivity contribution is 0.341. The molecule has 164 valence electrons. The van der Waals surface area contributed by atoms with Crippen molar-refractivity contribution in [3.05, 3.63) is 59.9 Å². The fourth-order valence-electron chi connectivity index (χ4n) is 3.40. The van der Waals surface area contributed by atoms with E-state index in [-0.39, 0.29) is 0 Å². The van der Waals surface area contributed by atoms with E-state index in [1.165, 1.54) is 0 Å². The quantitative estimate of drug-likeness (QED) is 0.282. The van der Waals surface area contributed by atoms with Gasteiger partial charge in [-0.3, -0.25) is 5.43 Å². The Morgan fingerprint density at radius 3 is 2.62 bits per heavy atom. The molecule has 0 bridgehead atoms. The van der Waals surface area contributed by atoms with Crippen LogP contribution in [-0.2, 0) is 0 Å². The molecule has 4 rings (SSSR count). The number of fused-ring (bicyclic) bond motifs is 1. The van der Waals surface area contributed by atoms with Crippen LogP contribution in [0.25, 0.3) is 20.7 Å². The lowest BCUT2D eigenvalue weighted by Crippen LogP contribution is -1.96. The normalized spacial score (nSPS) is 11.1. The molecular formula is C24H24N4O3S. The lowest BCUT2D eigenvalue weighted by atomic mass is 10.1. The zero-order valence-corrected chi connectivity index (χ0v) is 19.2. The Hall–Kier alpha value is -3.65. The summed E-state index contributed by atoms with van der Waals surface area (Å²) in [6, 6.07) is 13.7. The minimum atomic E-state index is 0.610. The molecule has 7 nitrogen and oxygen atoms in total. The summed E-state index contributed by atoms with van der Waals surface area (Å²) in [6.45, 7) is 4.66. The standard InChI is InChI=1S/C24H24N4O3S/c1-5-31-18-9-7-6-8-17(18)22-15(2)21-23(32-22)24(26-14-25-21)28-27-13-16-10-11-19(29-3)20(12-16)30-4/h6-14H,5H2,1-4H3,(H,25,26,28)/b27-13+. The van der Waals surface area contributed by atoms with Gasteiger partial charge in [-0.05, 0) is 55.3 Å². The van der Waals surface area contributed by atoms with Gasteiger partial charge in [0.15, 0.2) is 17.3 Å². The molecule has 1 N–H and O–H groups in total. The first kappa shape index (κ1) is 21.6. The average molecular weight is 449 g/mol. The number of aromatic nitrogens is 2. The van der Waals surface area contributed by atoms with Crippen LogP contribution in [0.1, 0.15) is 18.1 Å². The van der Waals surface area contributed by atoms with E-state index in [4.69, 9.17) is 14.2 Å². The van der Waals surface area contributed by atoms with Crippen LogP contribution >= 0.6 is 11.3 Å². The minimum absolute atomic E-state index is 0.610. The van der Waals surface area contributed by atoms with Crippen molar-refractivity contribution >= 4 is 33.6 Å². The van der Waals surface area contributed by atoms with E-state index in [0.717, 1.165) is 37.5 Å². The largest absolute Gasteiger partial charge is 0.493 e. The van der Waals surface area contributed by atoms with Gasteiger partial charge in [0.1, 0.15) is 12.1 Å². The molecule has 32 heavy (non-hydrogen) atoms. The van der Waals surface area contributed by atoms with Crippen LogP contribution in [0.3, 0.4) is 0 Å². The molecule has 0 spiro atoms. The van der Waals surface area contributed by atoms with Crippen molar-refractivity contribution in [2.45, 2.75) is 13.8 Å². The first-order valence-electron chi connectivity index (χ1n) is 10.1. The molecule has 0 saturated carbocycles. The summed E-state index contributed by atoms with van der Waals surface area (Å²) >= 11 is 1.62. The van der Waals surface area contributed by atoms with Gasteiger partial charge < -0.3 is 14.2 Å². The van der Waals surface area contributed by atoms with Gasteiger partial charge >= 0.3 is 0 Å². The molecule has 2 aromatic heterocycles. The highest BCUT2D eigenvalue weighted by Gasteiger charge is 2.17. The van der Waals surface area contributed by atoms with Crippen molar-refractivity contribution in [1.29, 1.82) is 0 Å². The Bertz CT molecular complexity index is 1270. The Morgan fingerprint density at radius 1 is 1.03 bits per heavy atom. The van der Waals surface area contributed by atoms with Crippen LogP contribution in [0.2, 0.25) is 0 Å². The third-order valence-corrected chi connectivity index (χ3v) is 6.25. The molecular weight excluding hydrogens is 424 g/mol. The highest BCUT2D eigenvalue weighted by molar-refractivity contribution is 7.23. The second-order valence-corrected chi connectivity index (χ2v) is 7.89. The number of thiophene rings is 1. The molecule has 0 aliphatic heterocycles. The van der Waals surface area contributed by atoms with E-state index in [0.29, 0.717) is 23.9 Å². The van der Waals surface area contributed by atoms with Gasteiger partial charge in [-0.25, -0.2) is 9.97 Å². The number of methoxy groups -OCH3 is 2. The molecule has 8 heteroatoms. The first-order valence-corrected chi connectivity index (χ1v) is 10.9. The van der Waals surface area contributed by atoms with Crippen LogP contribution in [0.5, 0.6) is 17.2 Å². The van der Waals surface area contributed by atoms with E-state index < -0.39 is 0 Å². The molecule has 0 radical (unpaired) electrons. The SMILES string of the molecule is CCOc1ccccc1-c1sc2c(N/N=C/c3ccc(OC)c(OC)c3)ncnc2c1C. The number of para-hydroxylation sites is 1. The molecule has 2 heterocycles. The van der Waals surface area contributed by atoms with Crippen LogP contribution in [0.4, 0.5) is 5.82 Å². The number of anilines is 1. The second-order valence-electron chi connectivity index (χ2n) is 6.87. The highest BCUT2D eigenvalue weighted by atomic mass is 32.1. The molecule has 4 aromatic rings. The van der Waals surface area contributed by atoms with Gasteiger partial charge in [0, 0.05) is 10.4 Å². The Labute approximate surface area is 190 Å². The van der Waals surface area contributed by atoms with Gasteiger partial charge in [-0.1, -0.05) is 12.1 Å². The zero-order valence-electron chi connectivity index (χ0n) is 18.4. The number of nitrogens with zero attached hydrogens (tertiary/aromatic N) is 3. The molecule has 0 aliphatic rings. The van der Waals surface area contributed by atoms with Gasteiger partial charge in [0.05, 0.1) is 37.3 Å². The van der Waals surface area contributed by atoms with Crippen molar-refractivity contribution < 1.29 is 14.2 Å². The molecule has 0 unspecified atom stereocenters. The molecule has 0 amide bonds. The predicted molar refractivity (Wildman–Crippen MR) is 130 cm³/mol.